The Morgan fingerprint density at radius 2 is 1.85 bits per heavy atom. The van der Waals surface area contributed by atoms with E-state index in [1.807, 2.05) is 30.3 Å². The predicted molar refractivity (Wildman–Crippen MR) is 123 cm³/mol. The van der Waals surface area contributed by atoms with Crippen LogP contribution in [0.5, 0.6) is 11.5 Å². The van der Waals surface area contributed by atoms with E-state index < -0.39 is 0 Å². The number of hydrogen-bond donors (Lipinski definition) is 2. The van der Waals surface area contributed by atoms with E-state index in [2.05, 4.69) is 20.8 Å². The molecule has 9 nitrogen and oxygen atoms in total. The quantitative estimate of drug-likeness (QED) is 0.407. The number of fused-ring (bicyclic) bond motifs is 2. The minimum absolute atomic E-state index is 0.125. The number of anilines is 1. The fraction of sp³-hybridized carbons (Fsp3) is 0.130. The number of aromatic nitrogens is 3. The van der Waals surface area contributed by atoms with Crippen LogP contribution in [0.4, 0.5) is 5.69 Å². The molecule has 0 aliphatic carbocycles. The van der Waals surface area contributed by atoms with Crippen LogP contribution in [0.2, 0.25) is 0 Å². The summed E-state index contributed by atoms with van der Waals surface area (Å²) in [6.45, 7) is 0.607. The molecule has 2 aromatic carbocycles. The highest BCUT2D eigenvalue weighted by Crippen LogP contribution is 2.34. The normalized spacial score (nSPS) is 12.0. The molecule has 0 saturated heterocycles. The summed E-state index contributed by atoms with van der Waals surface area (Å²) in [5.74, 6) is 0.973. The van der Waals surface area contributed by atoms with Crippen LogP contribution >= 0.6 is 11.8 Å². The van der Waals surface area contributed by atoms with Crippen LogP contribution in [-0.2, 0) is 11.3 Å². The van der Waals surface area contributed by atoms with Gasteiger partial charge >= 0.3 is 0 Å². The molecule has 5 rings (SSSR count). The van der Waals surface area contributed by atoms with Crippen LogP contribution < -0.4 is 20.1 Å². The largest absolute Gasteiger partial charge is 0.454 e. The Kier molecular flexibility index (Phi) is 5.81. The number of carbonyl (C=O) groups is 2. The van der Waals surface area contributed by atoms with Crippen molar-refractivity contribution >= 4 is 34.9 Å². The van der Waals surface area contributed by atoms with Crippen molar-refractivity contribution in [1.82, 2.24) is 19.9 Å². The summed E-state index contributed by atoms with van der Waals surface area (Å²) in [7, 11) is 0. The molecular weight excluding hydrogens is 442 g/mol. The summed E-state index contributed by atoms with van der Waals surface area (Å²) in [6, 6.07) is 18.3. The Labute approximate surface area is 193 Å². The SMILES string of the molecule is O=C(CSc1nnc2ccc(C(=O)NCc3ccccc3)cn12)Nc1ccc2c(c1)OCO2. The van der Waals surface area contributed by atoms with E-state index >= 15 is 0 Å². The molecule has 33 heavy (non-hydrogen) atoms. The number of carbonyl (C=O) groups excluding carboxylic acids is 2. The van der Waals surface area contributed by atoms with Crippen LogP contribution in [-0.4, -0.2) is 39.0 Å². The molecule has 2 N–H and O–H groups in total. The van der Waals surface area contributed by atoms with E-state index in [9.17, 15) is 9.59 Å². The minimum atomic E-state index is -0.203. The lowest BCUT2D eigenvalue weighted by Gasteiger charge is -2.07. The van der Waals surface area contributed by atoms with Crippen LogP contribution in [0.1, 0.15) is 15.9 Å². The summed E-state index contributed by atoms with van der Waals surface area (Å²) in [4.78, 5) is 25.0. The maximum atomic E-state index is 12.6. The Bertz CT molecular complexity index is 1330. The highest BCUT2D eigenvalue weighted by molar-refractivity contribution is 7.99. The number of benzene rings is 2. The zero-order valence-corrected chi connectivity index (χ0v) is 18.2. The lowest BCUT2D eigenvalue weighted by molar-refractivity contribution is -0.113. The van der Waals surface area contributed by atoms with Gasteiger partial charge < -0.3 is 20.1 Å². The summed E-state index contributed by atoms with van der Waals surface area (Å²) in [5.41, 5.74) is 2.70. The first-order valence-corrected chi connectivity index (χ1v) is 11.1. The van der Waals surface area contributed by atoms with Crippen molar-refractivity contribution < 1.29 is 19.1 Å². The Hall–Kier alpha value is -4.05. The van der Waals surface area contributed by atoms with Crippen molar-refractivity contribution in [3.63, 3.8) is 0 Å². The standard InChI is InChI=1S/C23H19N5O4S/c29-21(25-17-7-8-18-19(10-17)32-14-31-18)13-33-23-27-26-20-9-6-16(12-28(20)23)22(30)24-11-15-4-2-1-3-5-15/h1-10,12H,11,13-14H2,(H,24,30)(H,25,29). The Balaban J connectivity index is 1.22. The summed E-state index contributed by atoms with van der Waals surface area (Å²) in [5, 5.41) is 14.5. The average Bonchev–Trinajstić information content (AvgIpc) is 3.48. The van der Waals surface area contributed by atoms with E-state index in [1.165, 1.54) is 11.8 Å². The molecule has 2 aromatic heterocycles. The van der Waals surface area contributed by atoms with Crippen molar-refractivity contribution in [3.8, 4) is 11.5 Å². The van der Waals surface area contributed by atoms with Crippen LogP contribution in [0.25, 0.3) is 5.65 Å². The van der Waals surface area contributed by atoms with Crippen molar-refractivity contribution in [2.24, 2.45) is 0 Å². The highest BCUT2D eigenvalue weighted by atomic mass is 32.2. The van der Waals surface area contributed by atoms with Gasteiger partial charge in [-0.15, -0.1) is 10.2 Å². The molecule has 166 valence electrons. The van der Waals surface area contributed by atoms with Crippen molar-refractivity contribution in [2.45, 2.75) is 11.7 Å². The highest BCUT2D eigenvalue weighted by Gasteiger charge is 2.15. The van der Waals surface area contributed by atoms with Gasteiger partial charge in [-0.25, -0.2) is 0 Å². The zero-order chi connectivity index (χ0) is 22.6. The van der Waals surface area contributed by atoms with Gasteiger partial charge in [0.25, 0.3) is 5.91 Å². The first-order valence-electron chi connectivity index (χ1n) is 10.1. The number of hydrogen-bond acceptors (Lipinski definition) is 7. The summed E-state index contributed by atoms with van der Waals surface area (Å²) >= 11 is 1.23. The van der Waals surface area contributed by atoms with E-state index in [-0.39, 0.29) is 24.4 Å². The van der Waals surface area contributed by atoms with Crippen molar-refractivity contribution in [1.29, 1.82) is 0 Å². The van der Waals surface area contributed by atoms with Crippen LogP contribution in [0, 0.1) is 0 Å². The van der Waals surface area contributed by atoms with Gasteiger partial charge in [-0.3, -0.25) is 14.0 Å². The van der Waals surface area contributed by atoms with Crippen molar-refractivity contribution in [3.05, 3.63) is 78.0 Å². The van der Waals surface area contributed by atoms with Gasteiger partial charge in [0, 0.05) is 24.5 Å². The lowest BCUT2D eigenvalue weighted by atomic mass is 10.2. The number of thioether (sulfide) groups is 1. The molecule has 3 heterocycles. The molecule has 0 bridgehead atoms. The Morgan fingerprint density at radius 1 is 1.00 bits per heavy atom. The molecule has 1 aliphatic heterocycles. The second-order valence-corrected chi connectivity index (χ2v) is 8.14. The molecule has 1 aliphatic rings. The van der Waals surface area contributed by atoms with E-state index in [1.54, 1.807) is 40.9 Å². The summed E-state index contributed by atoms with van der Waals surface area (Å²) < 4.78 is 12.3. The Morgan fingerprint density at radius 3 is 2.73 bits per heavy atom. The molecule has 0 spiro atoms. The minimum Gasteiger partial charge on any atom is -0.454 e. The molecule has 4 aromatic rings. The van der Waals surface area contributed by atoms with Gasteiger partial charge in [0.2, 0.25) is 12.7 Å². The molecule has 0 radical (unpaired) electrons. The third-order valence-electron chi connectivity index (χ3n) is 4.92. The zero-order valence-electron chi connectivity index (χ0n) is 17.4. The van der Waals surface area contributed by atoms with Crippen LogP contribution in [0.15, 0.2) is 72.0 Å². The van der Waals surface area contributed by atoms with Gasteiger partial charge in [-0.2, -0.15) is 0 Å². The van der Waals surface area contributed by atoms with E-state index in [0.29, 0.717) is 40.1 Å². The maximum Gasteiger partial charge on any atom is 0.253 e. The predicted octanol–water partition coefficient (Wildman–Crippen LogP) is 3.12. The number of amides is 2. The number of ether oxygens (including phenoxy) is 2. The smallest absolute Gasteiger partial charge is 0.253 e. The number of rotatable bonds is 7. The van der Waals surface area contributed by atoms with Gasteiger partial charge in [0.1, 0.15) is 0 Å². The average molecular weight is 462 g/mol. The molecule has 2 amide bonds. The van der Waals surface area contributed by atoms with Gasteiger partial charge in [-0.1, -0.05) is 42.1 Å². The third kappa shape index (κ3) is 4.75. The van der Waals surface area contributed by atoms with Gasteiger partial charge in [-0.05, 0) is 29.8 Å². The number of nitrogens with zero attached hydrogens (tertiary/aromatic N) is 3. The first-order chi connectivity index (χ1) is 16.2. The molecule has 0 atom stereocenters. The van der Waals surface area contributed by atoms with E-state index in [4.69, 9.17) is 9.47 Å². The van der Waals surface area contributed by atoms with Gasteiger partial charge in [0.05, 0.1) is 11.3 Å². The third-order valence-corrected chi connectivity index (χ3v) is 5.86. The van der Waals surface area contributed by atoms with Gasteiger partial charge in [0.15, 0.2) is 22.3 Å². The monoisotopic (exact) mass is 461 g/mol. The second-order valence-electron chi connectivity index (χ2n) is 7.20. The van der Waals surface area contributed by atoms with E-state index in [0.717, 1.165) is 5.56 Å². The molecule has 0 unspecified atom stereocenters. The first kappa shape index (κ1) is 20.8. The molecule has 0 saturated carbocycles. The topological polar surface area (TPSA) is 107 Å². The molecule has 10 heteroatoms. The fourth-order valence-corrected chi connectivity index (χ4v) is 4.00. The molecule has 0 fully saturated rings. The number of nitrogens with one attached hydrogen (secondary N) is 2. The lowest BCUT2D eigenvalue weighted by Crippen LogP contribution is -2.23. The second kappa shape index (κ2) is 9.21. The van der Waals surface area contributed by atoms with Crippen molar-refractivity contribution in [2.75, 3.05) is 17.9 Å². The number of pyridine rings is 1. The van der Waals surface area contributed by atoms with Crippen LogP contribution in [0.3, 0.4) is 0 Å². The summed E-state index contributed by atoms with van der Waals surface area (Å²) in [6.07, 6.45) is 1.67. The maximum absolute atomic E-state index is 12.6. The fourth-order valence-electron chi connectivity index (χ4n) is 3.28. The molecular formula is C23H19N5O4S.